The third kappa shape index (κ3) is 3.29. The predicted molar refractivity (Wildman–Crippen MR) is 89.3 cm³/mol. The van der Waals surface area contributed by atoms with E-state index in [1.807, 2.05) is 31.2 Å². The fourth-order valence-electron chi connectivity index (χ4n) is 3.00. The molecule has 0 atom stereocenters. The standard InChI is InChI=1S/C18H22N2O3/c1-13-3-5-16(6-4-13)20-17(21)14(2)11-19(18(20)22)12-15-7-9-23-10-8-15/h3-6,11,15H,7-10,12H2,1-2H3. The van der Waals surface area contributed by atoms with Crippen LogP contribution < -0.4 is 11.2 Å². The van der Waals surface area contributed by atoms with Crippen molar-refractivity contribution in [2.24, 2.45) is 5.92 Å². The average molecular weight is 314 g/mol. The van der Waals surface area contributed by atoms with Crippen molar-refractivity contribution in [1.29, 1.82) is 0 Å². The van der Waals surface area contributed by atoms with Gasteiger partial charge in [0.25, 0.3) is 5.56 Å². The van der Waals surface area contributed by atoms with Crippen LogP contribution in [0.4, 0.5) is 0 Å². The maximum Gasteiger partial charge on any atom is 0.335 e. The van der Waals surface area contributed by atoms with Gasteiger partial charge in [-0.05, 0) is 44.7 Å². The van der Waals surface area contributed by atoms with E-state index in [9.17, 15) is 9.59 Å². The number of ether oxygens (including phenoxy) is 1. The topological polar surface area (TPSA) is 53.2 Å². The van der Waals surface area contributed by atoms with Gasteiger partial charge in [0, 0.05) is 31.5 Å². The molecule has 0 bridgehead atoms. The van der Waals surface area contributed by atoms with Crippen LogP contribution in [0.1, 0.15) is 24.0 Å². The van der Waals surface area contributed by atoms with Crippen molar-refractivity contribution in [2.75, 3.05) is 13.2 Å². The first-order valence-corrected chi connectivity index (χ1v) is 8.04. The van der Waals surface area contributed by atoms with Crippen molar-refractivity contribution in [2.45, 2.75) is 33.2 Å². The molecule has 1 saturated heterocycles. The highest BCUT2D eigenvalue weighted by Crippen LogP contribution is 2.16. The quantitative estimate of drug-likeness (QED) is 0.871. The number of benzene rings is 1. The average Bonchev–Trinajstić information content (AvgIpc) is 2.55. The van der Waals surface area contributed by atoms with Crippen LogP contribution in [0.15, 0.2) is 40.1 Å². The van der Waals surface area contributed by atoms with Crippen LogP contribution in [0, 0.1) is 19.8 Å². The molecule has 23 heavy (non-hydrogen) atoms. The molecule has 2 aromatic rings. The zero-order valence-corrected chi connectivity index (χ0v) is 13.6. The number of aryl methyl sites for hydroxylation is 2. The molecule has 1 aliphatic rings. The second-order valence-electron chi connectivity index (χ2n) is 6.28. The van der Waals surface area contributed by atoms with Gasteiger partial charge in [-0.1, -0.05) is 17.7 Å². The molecule has 0 saturated carbocycles. The SMILES string of the molecule is Cc1ccc(-n2c(=O)c(C)cn(CC3CCOCC3)c2=O)cc1. The van der Waals surface area contributed by atoms with Crippen LogP contribution in [0.3, 0.4) is 0 Å². The van der Waals surface area contributed by atoms with Gasteiger partial charge in [-0.3, -0.25) is 9.36 Å². The lowest BCUT2D eigenvalue weighted by Gasteiger charge is -2.23. The Balaban J connectivity index is 2.03. The largest absolute Gasteiger partial charge is 0.381 e. The molecule has 1 fully saturated rings. The number of nitrogens with zero attached hydrogens (tertiary/aromatic N) is 2. The Bertz CT molecular complexity index is 796. The summed E-state index contributed by atoms with van der Waals surface area (Å²) < 4.78 is 8.32. The highest BCUT2D eigenvalue weighted by Gasteiger charge is 2.17. The maximum atomic E-state index is 12.8. The highest BCUT2D eigenvalue weighted by molar-refractivity contribution is 5.34. The van der Waals surface area contributed by atoms with Crippen LogP contribution in [-0.4, -0.2) is 22.3 Å². The molecular weight excluding hydrogens is 292 g/mol. The lowest BCUT2D eigenvalue weighted by atomic mass is 10.0. The predicted octanol–water partition coefficient (Wildman–Crippen LogP) is 2.04. The van der Waals surface area contributed by atoms with Gasteiger partial charge in [-0.15, -0.1) is 0 Å². The van der Waals surface area contributed by atoms with Gasteiger partial charge in [0.15, 0.2) is 0 Å². The molecule has 122 valence electrons. The van der Waals surface area contributed by atoms with E-state index in [0.29, 0.717) is 23.7 Å². The van der Waals surface area contributed by atoms with Gasteiger partial charge in [0.1, 0.15) is 0 Å². The Kier molecular flexibility index (Phi) is 4.48. The lowest BCUT2D eigenvalue weighted by molar-refractivity contribution is 0.0607. The third-order valence-electron chi connectivity index (χ3n) is 4.41. The summed E-state index contributed by atoms with van der Waals surface area (Å²) >= 11 is 0. The van der Waals surface area contributed by atoms with Gasteiger partial charge in [0.05, 0.1) is 5.69 Å². The summed E-state index contributed by atoms with van der Waals surface area (Å²) in [4.78, 5) is 25.2. The van der Waals surface area contributed by atoms with Crippen LogP contribution >= 0.6 is 0 Å². The summed E-state index contributed by atoms with van der Waals surface area (Å²) in [6, 6.07) is 7.45. The lowest BCUT2D eigenvalue weighted by Crippen LogP contribution is -2.41. The molecule has 1 aromatic heterocycles. The Morgan fingerprint density at radius 3 is 2.39 bits per heavy atom. The third-order valence-corrected chi connectivity index (χ3v) is 4.41. The second kappa shape index (κ2) is 6.54. The fourth-order valence-corrected chi connectivity index (χ4v) is 3.00. The van der Waals surface area contributed by atoms with Crippen molar-refractivity contribution in [3.63, 3.8) is 0 Å². The molecular formula is C18H22N2O3. The van der Waals surface area contributed by atoms with E-state index >= 15 is 0 Å². The normalized spacial score (nSPS) is 15.7. The zero-order chi connectivity index (χ0) is 16.4. The van der Waals surface area contributed by atoms with Crippen LogP contribution in [0.2, 0.25) is 0 Å². The van der Waals surface area contributed by atoms with Crippen LogP contribution in [-0.2, 0) is 11.3 Å². The molecule has 0 spiro atoms. The van der Waals surface area contributed by atoms with Crippen molar-refractivity contribution < 1.29 is 4.74 Å². The zero-order valence-electron chi connectivity index (χ0n) is 13.6. The molecule has 2 heterocycles. The number of hydrogen-bond acceptors (Lipinski definition) is 3. The van der Waals surface area contributed by atoms with Crippen molar-refractivity contribution >= 4 is 0 Å². The van der Waals surface area contributed by atoms with Gasteiger partial charge in [-0.2, -0.15) is 0 Å². The van der Waals surface area contributed by atoms with E-state index in [2.05, 4.69) is 0 Å². The van der Waals surface area contributed by atoms with Gasteiger partial charge in [-0.25, -0.2) is 9.36 Å². The molecule has 1 aromatic carbocycles. The van der Waals surface area contributed by atoms with Gasteiger partial charge in [0.2, 0.25) is 0 Å². The summed E-state index contributed by atoms with van der Waals surface area (Å²) in [5.41, 5.74) is 1.78. The smallest absolute Gasteiger partial charge is 0.335 e. The van der Waals surface area contributed by atoms with E-state index in [0.717, 1.165) is 31.6 Å². The Morgan fingerprint density at radius 1 is 1.09 bits per heavy atom. The summed E-state index contributed by atoms with van der Waals surface area (Å²) in [6.45, 7) is 5.86. The fraction of sp³-hybridized carbons (Fsp3) is 0.444. The molecule has 0 radical (unpaired) electrons. The minimum Gasteiger partial charge on any atom is -0.381 e. The van der Waals surface area contributed by atoms with Gasteiger partial charge < -0.3 is 4.74 Å². The minimum atomic E-state index is -0.268. The maximum absolute atomic E-state index is 12.8. The summed E-state index contributed by atoms with van der Waals surface area (Å²) in [6.07, 6.45) is 3.59. The summed E-state index contributed by atoms with van der Waals surface area (Å²) in [7, 11) is 0. The summed E-state index contributed by atoms with van der Waals surface area (Å²) in [5, 5.41) is 0. The van der Waals surface area contributed by atoms with E-state index < -0.39 is 0 Å². The Hall–Kier alpha value is -2.14. The minimum absolute atomic E-state index is 0.248. The molecule has 1 aliphatic heterocycles. The van der Waals surface area contributed by atoms with Crippen molar-refractivity contribution in [1.82, 2.24) is 9.13 Å². The van der Waals surface area contributed by atoms with E-state index in [1.54, 1.807) is 17.7 Å². The van der Waals surface area contributed by atoms with Crippen LogP contribution in [0.25, 0.3) is 5.69 Å². The molecule has 3 rings (SSSR count). The molecule has 0 amide bonds. The highest BCUT2D eigenvalue weighted by atomic mass is 16.5. The molecule has 5 nitrogen and oxygen atoms in total. The van der Waals surface area contributed by atoms with Crippen molar-refractivity contribution in [3.8, 4) is 5.69 Å². The summed E-state index contributed by atoms with van der Waals surface area (Å²) in [5.74, 6) is 0.421. The van der Waals surface area contributed by atoms with Crippen LogP contribution in [0.5, 0.6) is 0 Å². The Labute approximate surface area is 135 Å². The molecule has 0 aliphatic carbocycles. The molecule has 0 N–H and O–H groups in total. The van der Waals surface area contributed by atoms with Gasteiger partial charge >= 0.3 is 5.69 Å². The molecule has 0 unspecified atom stereocenters. The first kappa shape index (κ1) is 15.7. The number of hydrogen-bond donors (Lipinski definition) is 0. The molecule has 5 heteroatoms. The number of rotatable bonds is 3. The second-order valence-corrected chi connectivity index (χ2v) is 6.28. The Morgan fingerprint density at radius 2 is 1.74 bits per heavy atom. The van der Waals surface area contributed by atoms with E-state index in [4.69, 9.17) is 4.74 Å². The monoisotopic (exact) mass is 314 g/mol. The van der Waals surface area contributed by atoms with Crippen molar-refractivity contribution in [3.05, 3.63) is 62.4 Å². The first-order valence-electron chi connectivity index (χ1n) is 8.04. The van der Waals surface area contributed by atoms with E-state index in [1.165, 1.54) is 4.57 Å². The number of aromatic nitrogens is 2. The first-order chi connectivity index (χ1) is 11.1. The van der Waals surface area contributed by atoms with E-state index in [-0.39, 0.29) is 11.2 Å².